The monoisotopic (exact) mass is 289 g/mol. The molecule has 0 aromatic heterocycles. The Balaban J connectivity index is 2.63. The molecule has 0 radical (unpaired) electrons. The number of hydrogen-bond acceptors (Lipinski definition) is 4. The lowest BCUT2D eigenvalue weighted by Crippen LogP contribution is -2.33. The number of sulfonamides is 1. The molecular weight excluding hydrogens is 270 g/mol. The lowest BCUT2D eigenvalue weighted by molar-refractivity contribution is 0.182. The van der Waals surface area contributed by atoms with Gasteiger partial charge in [0, 0.05) is 11.4 Å². The molecule has 1 aromatic rings. The molecule has 0 aliphatic heterocycles. The summed E-state index contributed by atoms with van der Waals surface area (Å²) in [6.45, 7) is 3.20. The van der Waals surface area contributed by atoms with Crippen molar-refractivity contribution in [3.63, 3.8) is 0 Å². The standard InChI is InChI=1S/C12H19NO3S2/c1-9(2)18(15,16)13-8-12(14)10-4-6-11(17-3)7-5-10/h4-7,9,12-14H,8H2,1-3H3. The van der Waals surface area contributed by atoms with Crippen LogP contribution < -0.4 is 4.72 Å². The molecule has 102 valence electrons. The van der Waals surface area contributed by atoms with Gasteiger partial charge in [-0.25, -0.2) is 13.1 Å². The van der Waals surface area contributed by atoms with Gasteiger partial charge in [-0.15, -0.1) is 11.8 Å². The first-order valence-corrected chi connectivity index (χ1v) is 8.44. The Morgan fingerprint density at radius 3 is 2.28 bits per heavy atom. The first-order valence-electron chi connectivity index (χ1n) is 5.67. The van der Waals surface area contributed by atoms with Crippen LogP contribution in [0, 0.1) is 0 Å². The molecule has 4 nitrogen and oxygen atoms in total. The fraction of sp³-hybridized carbons (Fsp3) is 0.500. The summed E-state index contributed by atoms with van der Waals surface area (Å²) in [5.74, 6) is 0. The number of aliphatic hydroxyl groups is 1. The van der Waals surface area contributed by atoms with E-state index in [0.29, 0.717) is 5.56 Å². The van der Waals surface area contributed by atoms with Crippen LogP contribution in [-0.4, -0.2) is 31.6 Å². The maximum Gasteiger partial charge on any atom is 0.214 e. The molecule has 0 aliphatic carbocycles. The van der Waals surface area contributed by atoms with Crippen LogP contribution in [0.5, 0.6) is 0 Å². The van der Waals surface area contributed by atoms with Crippen LogP contribution in [0.4, 0.5) is 0 Å². The largest absolute Gasteiger partial charge is 0.387 e. The molecule has 6 heteroatoms. The van der Waals surface area contributed by atoms with Crippen molar-refractivity contribution in [2.45, 2.75) is 30.1 Å². The maximum absolute atomic E-state index is 11.5. The molecule has 0 saturated carbocycles. The number of benzene rings is 1. The average molecular weight is 289 g/mol. The van der Waals surface area contributed by atoms with E-state index in [1.807, 2.05) is 18.4 Å². The Hall–Kier alpha value is -0.560. The molecule has 1 aromatic carbocycles. The van der Waals surface area contributed by atoms with Gasteiger partial charge in [0.05, 0.1) is 11.4 Å². The molecule has 2 N–H and O–H groups in total. The summed E-state index contributed by atoms with van der Waals surface area (Å²) in [6.07, 6.45) is 1.15. The zero-order valence-electron chi connectivity index (χ0n) is 10.8. The zero-order chi connectivity index (χ0) is 13.8. The Bertz CT molecular complexity index is 469. The Kier molecular flexibility index (Phi) is 5.65. The number of rotatable bonds is 6. The van der Waals surface area contributed by atoms with Crippen molar-refractivity contribution in [3.05, 3.63) is 29.8 Å². The maximum atomic E-state index is 11.5. The molecular formula is C12H19NO3S2. The SMILES string of the molecule is CSc1ccc(C(O)CNS(=O)(=O)C(C)C)cc1. The summed E-state index contributed by atoms with van der Waals surface area (Å²) in [6, 6.07) is 7.42. The molecule has 1 unspecified atom stereocenters. The van der Waals surface area contributed by atoms with Gasteiger partial charge in [0.1, 0.15) is 0 Å². The molecule has 0 aliphatic rings. The van der Waals surface area contributed by atoms with Crippen LogP contribution in [0.3, 0.4) is 0 Å². The summed E-state index contributed by atoms with van der Waals surface area (Å²) < 4.78 is 25.5. The van der Waals surface area contributed by atoms with Crippen molar-refractivity contribution in [2.24, 2.45) is 0 Å². The van der Waals surface area contributed by atoms with Crippen molar-refractivity contribution >= 4 is 21.8 Å². The second kappa shape index (κ2) is 6.56. The molecule has 0 bridgehead atoms. The van der Waals surface area contributed by atoms with Gasteiger partial charge < -0.3 is 5.11 Å². The number of thioether (sulfide) groups is 1. The van der Waals surface area contributed by atoms with E-state index in [9.17, 15) is 13.5 Å². The first kappa shape index (κ1) is 15.5. The normalized spacial score (nSPS) is 13.8. The smallest absolute Gasteiger partial charge is 0.214 e. The second-order valence-electron chi connectivity index (χ2n) is 4.23. The Labute approximate surface area is 113 Å². The van der Waals surface area contributed by atoms with Crippen LogP contribution in [0.1, 0.15) is 25.5 Å². The highest BCUT2D eigenvalue weighted by Crippen LogP contribution is 2.18. The van der Waals surface area contributed by atoms with Crippen LogP contribution >= 0.6 is 11.8 Å². The van der Waals surface area contributed by atoms with Crippen LogP contribution in [0.15, 0.2) is 29.2 Å². The first-order chi connectivity index (χ1) is 8.36. The molecule has 0 amide bonds. The topological polar surface area (TPSA) is 66.4 Å². The third kappa shape index (κ3) is 4.28. The van der Waals surface area contributed by atoms with Crippen LogP contribution in [-0.2, 0) is 10.0 Å². The van der Waals surface area contributed by atoms with Crippen LogP contribution in [0.2, 0.25) is 0 Å². The van der Waals surface area contributed by atoms with Crippen molar-refractivity contribution in [1.82, 2.24) is 4.72 Å². The van der Waals surface area contributed by atoms with E-state index in [-0.39, 0.29) is 6.54 Å². The average Bonchev–Trinajstić information content (AvgIpc) is 2.36. The third-order valence-corrected chi connectivity index (χ3v) is 5.15. The summed E-state index contributed by atoms with van der Waals surface area (Å²) in [4.78, 5) is 1.11. The predicted octanol–water partition coefficient (Wildman–Crippen LogP) is 1.77. The van der Waals surface area contributed by atoms with E-state index in [2.05, 4.69) is 4.72 Å². The lowest BCUT2D eigenvalue weighted by Gasteiger charge is -2.14. The van der Waals surface area contributed by atoms with Gasteiger partial charge in [-0.05, 0) is 37.8 Å². The molecule has 0 spiro atoms. The van der Waals surface area contributed by atoms with Gasteiger partial charge in [0.25, 0.3) is 0 Å². The fourth-order valence-corrected chi connectivity index (χ4v) is 2.44. The van der Waals surface area contributed by atoms with Gasteiger partial charge in [-0.3, -0.25) is 0 Å². The van der Waals surface area contributed by atoms with Gasteiger partial charge in [0.15, 0.2) is 0 Å². The number of nitrogens with one attached hydrogen (secondary N) is 1. The van der Waals surface area contributed by atoms with Gasteiger partial charge in [-0.1, -0.05) is 12.1 Å². The Morgan fingerprint density at radius 1 is 1.28 bits per heavy atom. The minimum Gasteiger partial charge on any atom is -0.387 e. The number of hydrogen-bond donors (Lipinski definition) is 2. The quantitative estimate of drug-likeness (QED) is 0.783. The van der Waals surface area contributed by atoms with E-state index < -0.39 is 21.4 Å². The minimum atomic E-state index is -3.33. The molecule has 0 fully saturated rings. The lowest BCUT2D eigenvalue weighted by atomic mass is 10.1. The fourth-order valence-electron chi connectivity index (χ4n) is 1.31. The molecule has 18 heavy (non-hydrogen) atoms. The Morgan fingerprint density at radius 2 is 1.83 bits per heavy atom. The molecule has 0 heterocycles. The van der Waals surface area contributed by atoms with Crippen molar-refractivity contribution in [1.29, 1.82) is 0 Å². The zero-order valence-corrected chi connectivity index (χ0v) is 12.4. The highest BCUT2D eigenvalue weighted by molar-refractivity contribution is 7.98. The molecule has 1 atom stereocenters. The van der Waals surface area contributed by atoms with Gasteiger partial charge in [0.2, 0.25) is 10.0 Å². The van der Waals surface area contributed by atoms with Crippen molar-refractivity contribution in [2.75, 3.05) is 12.8 Å². The van der Waals surface area contributed by atoms with Crippen molar-refractivity contribution < 1.29 is 13.5 Å². The van der Waals surface area contributed by atoms with Crippen LogP contribution in [0.25, 0.3) is 0 Å². The van der Waals surface area contributed by atoms with Gasteiger partial charge in [-0.2, -0.15) is 0 Å². The molecule has 1 rings (SSSR count). The van der Waals surface area contributed by atoms with E-state index in [1.165, 1.54) is 0 Å². The summed E-state index contributed by atoms with van der Waals surface area (Å²) >= 11 is 1.62. The highest BCUT2D eigenvalue weighted by atomic mass is 32.2. The second-order valence-corrected chi connectivity index (χ2v) is 7.43. The summed E-state index contributed by atoms with van der Waals surface area (Å²) in [7, 11) is -3.33. The van der Waals surface area contributed by atoms with Gasteiger partial charge >= 0.3 is 0 Å². The minimum absolute atomic E-state index is 0.000865. The highest BCUT2D eigenvalue weighted by Gasteiger charge is 2.17. The summed E-state index contributed by atoms with van der Waals surface area (Å²) in [5.41, 5.74) is 0.708. The predicted molar refractivity (Wildman–Crippen MR) is 75.2 cm³/mol. The van der Waals surface area contributed by atoms with E-state index in [4.69, 9.17) is 0 Å². The van der Waals surface area contributed by atoms with E-state index in [0.717, 1.165) is 4.90 Å². The molecule has 0 saturated heterocycles. The van der Waals surface area contributed by atoms with E-state index in [1.54, 1.807) is 37.7 Å². The third-order valence-electron chi connectivity index (χ3n) is 2.60. The van der Waals surface area contributed by atoms with E-state index >= 15 is 0 Å². The van der Waals surface area contributed by atoms with Crippen molar-refractivity contribution in [3.8, 4) is 0 Å². The summed E-state index contributed by atoms with van der Waals surface area (Å²) in [5, 5.41) is 9.40. The number of aliphatic hydroxyl groups excluding tert-OH is 1.